The molecule has 0 spiro atoms. The largest absolute Gasteiger partial charge is 0.481 e. The summed E-state index contributed by atoms with van der Waals surface area (Å²) in [4.78, 5) is 25.6. The van der Waals surface area contributed by atoms with Gasteiger partial charge in [-0.3, -0.25) is 9.59 Å². The summed E-state index contributed by atoms with van der Waals surface area (Å²) in [6, 6.07) is 7.44. The van der Waals surface area contributed by atoms with Gasteiger partial charge in [-0.05, 0) is 43.7 Å². The first kappa shape index (κ1) is 14.4. The second-order valence-corrected chi connectivity index (χ2v) is 6.42. The molecule has 112 valence electrons. The molecule has 0 aliphatic carbocycles. The maximum absolute atomic E-state index is 12.7. The maximum atomic E-state index is 12.7. The molecule has 0 aromatic heterocycles. The minimum Gasteiger partial charge on any atom is -0.481 e. The van der Waals surface area contributed by atoms with Crippen LogP contribution in [0.5, 0.6) is 0 Å². The van der Waals surface area contributed by atoms with E-state index in [1.165, 1.54) is 0 Å². The first-order chi connectivity index (χ1) is 10.1. The normalized spacial score (nSPS) is 27.7. The number of carboxylic acid groups (broad SMARTS) is 1. The molecule has 2 fully saturated rings. The minimum atomic E-state index is -0.745. The predicted molar refractivity (Wildman–Crippen MR) is 79.4 cm³/mol. The number of carbonyl (C=O) groups is 2. The lowest BCUT2D eigenvalue weighted by molar-refractivity contribution is -0.138. The van der Waals surface area contributed by atoms with Crippen molar-refractivity contribution in [3.05, 3.63) is 34.9 Å². The van der Waals surface area contributed by atoms with E-state index in [-0.39, 0.29) is 30.3 Å². The molecule has 2 aliphatic heterocycles. The molecule has 1 aromatic rings. The molecule has 21 heavy (non-hydrogen) atoms. The van der Waals surface area contributed by atoms with Crippen molar-refractivity contribution >= 4 is 23.5 Å². The van der Waals surface area contributed by atoms with Crippen LogP contribution in [0.15, 0.2) is 24.3 Å². The minimum absolute atomic E-state index is 0.0122. The lowest BCUT2D eigenvalue weighted by Crippen LogP contribution is -2.46. The molecular weight excluding hydrogens is 290 g/mol. The summed E-state index contributed by atoms with van der Waals surface area (Å²) in [7, 11) is 0. The Kier molecular flexibility index (Phi) is 3.89. The van der Waals surface area contributed by atoms with Crippen molar-refractivity contribution in [1.29, 1.82) is 0 Å². The monoisotopic (exact) mass is 307 g/mol. The van der Waals surface area contributed by atoms with Crippen LogP contribution in [0.3, 0.4) is 0 Å². The topological polar surface area (TPSA) is 57.6 Å². The molecule has 2 bridgehead atoms. The summed E-state index contributed by atoms with van der Waals surface area (Å²) in [6.07, 6.45) is 3.73. The Hall–Kier alpha value is -1.55. The number of carboxylic acids is 1. The number of piperidine rings is 1. The van der Waals surface area contributed by atoms with E-state index < -0.39 is 5.97 Å². The van der Waals surface area contributed by atoms with Gasteiger partial charge in [0.15, 0.2) is 0 Å². The molecule has 2 atom stereocenters. The molecule has 1 N–H and O–H groups in total. The lowest BCUT2D eigenvalue weighted by Gasteiger charge is -2.38. The summed E-state index contributed by atoms with van der Waals surface area (Å²) < 4.78 is 0. The molecule has 2 aliphatic rings. The van der Waals surface area contributed by atoms with Gasteiger partial charge in [-0.25, -0.2) is 0 Å². The number of nitrogens with zero attached hydrogens (tertiary/aromatic N) is 1. The highest BCUT2D eigenvalue weighted by Gasteiger charge is 2.43. The Balaban J connectivity index is 1.78. The fourth-order valence-corrected chi connectivity index (χ4v) is 4.03. The molecule has 0 saturated carbocycles. The molecule has 2 unspecified atom stereocenters. The van der Waals surface area contributed by atoms with Gasteiger partial charge in [-0.1, -0.05) is 23.7 Å². The number of aliphatic carboxylic acids is 1. The van der Waals surface area contributed by atoms with Crippen LogP contribution in [-0.2, 0) is 4.79 Å². The zero-order valence-corrected chi connectivity index (χ0v) is 12.4. The van der Waals surface area contributed by atoms with Crippen molar-refractivity contribution in [1.82, 2.24) is 4.90 Å². The molecule has 2 saturated heterocycles. The van der Waals surface area contributed by atoms with E-state index in [1.807, 2.05) is 17.0 Å². The molecule has 0 radical (unpaired) electrons. The van der Waals surface area contributed by atoms with Crippen LogP contribution in [0.1, 0.15) is 42.5 Å². The van der Waals surface area contributed by atoms with Crippen LogP contribution in [0, 0.1) is 5.92 Å². The van der Waals surface area contributed by atoms with Crippen LogP contribution in [0.4, 0.5) is 0 Å². The number of carbonyl (C=O) groups excluding carboxylic acids is 1. The second-order valence-electron chi connectivity index (χ2n) is 6.01. The highest BCUT2D eigenvalue weighted by atomic mass is 35.5. The van der Waals surface area contributed by atoms with Gasteiger partial charge in [0.05, 0.1) is 10.6 Å². The van der Waals surface area contributed by atoms with Crippen molar-refractivity contribution in [2.75, 3.05) is 0 Å². The molecule has 1 amide bonds. The summed E-state index contributed by atoms with van der Waals surface area (Å²) in [5.74, 6) is -0.567. The van der Waals surface area contributed by atoms with Crippen LogP contribution in [0.2, 0.25) is 5.02 Å². The highest BCUT2D eigenvalue weighted by molar-refractivity contribution is 6.33. The van der Waals surface area contributed by atoms with E-state index in [4.69, 9.17) is 16.7 Å². The summed E-state index contributed by atoms with van der Waals surface area (Å²) in [5, 5.41) is 9.43. The molecule has 2 heterocycles. The van der Waals surface area contributed by atoms with Crippen LogP contribution in [-0.4, -0.2) is 34.0 Å². The van der Waals surface area contributed by atoms with Crippen molar-refractivity contribution < 1.29 is 14.7 Å². The van der Waals surface area contributed by atoms with Gasteiger partial charge in [-0.2, -0.15) is 0 Å². The first-order valence-electron chi connectivity index (χ1n) is 7.35. The van der Waals surface area contributed by atoms with Crippen molar-refractivity contribution in [3.8, 4) is 0 Å². The SMILES string of the molecule is O=C(O)CC1CC2CCC(C1)N2C(=O)c1ccccc1Cl. The third-order valence-corrected chi connectivity index (χ3v) is 4.96. The Labute approximate surface area is 128 Å². The Morgan fingerprint density at radius 2 is 1.81 bits per heavy atom. The third-order valence-electron chi connectivity index (χ3n) is 4.63. The number of halogens is 1. The number of hydrogen-bond acceptors (Lipinski definition) is 2. The average molecular weight is 308 g/mol. The van der Waals surface area contributed by atoms with Crippen LogP contribution >= 0.6 is 11.6 Å². The molecule has 1 aromatic carbocycles. The number of amides is 1. The number of rotatable bonds is 3. The van der Waals surface area contributed by atoms with Gasteiger partial charge >= 0.3 is 5.97 Å². The highest BCUT2D eigenvalue weighted by Crippen LogP contribution is 2.41. The van der Waals surface area contributed by atoms with E-state index in [1.54, 1.807) is 12.1 Å². The Morgan fingerprint density at radius 3 is 2.38 bits per heavy atom. The Bertz CT molecular complexity index is 560. The maximum Gasteiger partial charge on any atom is 0.303 e. The predicted octanol–water partition coefficient (Wildman–Crippen LogP) is 3.20. The Morgan fingerprint density at radius 1 is 1.19 bits per heavy atom. The number of fused-ring (bicyclic) bond motifs is 2. The van der Waals surface area contributed by atoms with E-state index >= 15 is 0 Å². The zero-order chi connectivity index (χ0) is 15.0. The van der Waals surface area contributed by atoms with Crippen molar-refractivity contribution in [3.63, 3.8) is 0 Å². The second kappa shape index (κ2) is 5.68. The average Bonchev–Trinajstić information content (AvgIpc) is 2.69. The smallest absolute Gasteiger partial charge is 0.303 e. The van der Waals surface area contributed by atoms with E-state index in [0.29, 0.717) is 10.6 Å². The molecule has 5 heteroatoms. The fraction of sp³-hybridized carbons (Fsp3) is 0.500. The number of benzene rings is 1. The lowest BCUT2D eigenvalue weighted by atomic mass is 9.88. The van der Waals surface area contributed by atoms with Gasteiger partial charge in [0.25, 0.3) is 5.91 Å². The fourth-order valence-electron chi connectivity index (χ4n) is 3.81. The van der Waals surface area contributed by atoms with Gasteiger partial charge in [0, 0.05) is 18.5 Å². The van der Waals surface area contributed by atoms with E-state index in [2.05, 4.69) is 0 Å². The van der Waals surface area contributed by atoms with E-state index in [9.17, 15) is 9.59 Å². The summed E-state index contributed by atoms with van der Waals surface area (Å²) in [6.45, 7) is 0. The van der Waals surface area contributed by atoms with Crippen LogP contribution in [0.25, 0.3) is 0 Å². The van der Waals surface area contributed by atoms with Crippen molar-refractivity contribution in [2.45, 2.75) is 44.2 Å². The quantitative estimate of drug-likeness (QED) is 0.933. The summed E-state index contributed by atoms with van der Waals surface area (Å²) >= 11 is 6.13. The third kappa shape index (κ3) is 2.77. The van der Waals surface area contributed by atoms with Gasteiger partial charge in [-0.15, -0.1) is 0 Å². The van der Waals surface area contributed by atoms with Crippen LogP contribution < -0.4 is 0 Å². The molecule has 4 nitrogen and oxygen atoms in total. The standard InChI is InChI=1S/C16H18ClNO3/c17-14-4-2-1-3-13(14)16(21)18-11-5-6-12(18)8-10(7-11)9-15(19)20/h1-4,10-12H,5-9H2,(H,19,20). The van der Waals surface area contributed by atoms with Gasteiger partial charge in [0.1, 0.15) is 0 Å². The molecule has 3 rings (SSSR count). The van der Waals surface area contributed by atoms with Crippen molar-refractivity contribution in [2.24, 2.45) is 5.92 Å². The zero-order valence-electron chi connectivity index (χ0n) is 11.7. The van der Waals surface area contributed by atoms with E-state index in [0.717, 1.165) is 25.7 Å². The summed E-state index contributed by atoms with van der Waals surface area (Å²) in [5.41, 5.74) is 0.549. The first-order valence-corrected chi connectivity index (χ1v) is 7.73. The van der Waals surface area contributed by atoms with Gasteiger partial charge in [0.2, 0.25) is 0 Å². The van der Waals surface area contributed by atoms with Gasteiger partial charge < -0.3 is 10.0 Å². The molecular formula is C16H18ClNO3. The number of hydrogen-bond donors (Lipinski definition) is 1.